The molecule has 0 saturated heterocycles. The molecule has 100 valence electrons. The fraction of sp³-hybridized carbons (Fsp3) is 0.667. The van der Waals surface area contributed by atoms with E-state index in [4.69, 9.17) is 0 Å². The van der Waals surface area contributed by atoms with Crippen molar-refractivity contribution in [3.8, 4) is 0 Å². The summed E-state index contributed by atoms with van der Waals surface area (Å²) >= 11 is 1.43. The third-order valence-corrected chi connectivity index (χ3v) is 3.84. The minimum absolute atomic E-state index is 0.375. The smallest absolute Gasteiger partial charge is 0.357 e. The van der Waals surface area contributed by atoms with Gasteiger partial charge in [-0.05, 0) is 19.4 Å². The average molecular weight is 269 g/mol. The molecule has 0 atom stereocenters. The Labute approximate surface area is 111 Å². The van der Waals surface area contributed by atoms with Gasteiger partial charge < -0.3 is 10.1 Å². The molecule has 18 heavy (non-hydrogen) atoms. The van der Waals surface area contributed by atoms with Gasteiger partial charge in [-0.1, -0.05) is 6.92 Å². The number of carbonyl (C=O) groups excluding carboxylic acids is 1. The van der Waals surface area contributed by atoms with Gasteiger partial charge in [0.25, 0.3) is 0 Å². The number of hydrogen-bond acceptors (Lipinski definition) is 6. The first-order valence-corrected chi connectivity index (χ1v) is 7.14. The summed E-state index contributed by atoms with van der Waals surface area (Å²) in [5.74, 6) is -0.382. The van der Waals surface area contributed by atoms with Crippen LogP contribution in [0.4, 0.5) is 5.13 Å². The zero-order chi connectivity index (χ0) is 13.0. The van der Waals surface area contributed by atoms with Crippen molar-refractivity contribution < 1.29 is 9.53 Å². The summed E-state index contributed by atoms with van der Waals surface area (Å²) in [6.07, 6.45) is 2.66. The molecule has 0 amide bonds. The van der Waals surface area contributed by atoms with E-state index in [1.807, 2.05) is 0 Å². The number of anilines is 1. The highest BCUT2D eigenvalue weighted by molar-refractivity contribution is 7.13. The van der Waals surface area contributed by atoms with Gasteiger partial charge in [0.2, 0.25) is 0 Å². The Morgan fingerprint density at radius 2 is 2.44 bits per heavy atom. The molecule has 1 N–H and O–H groups in total. The van der Waals surface area contributed by atoms with Crippen molar-refractivity contribution in [1.29, 1.82) is 0 Å². The Morgan fingerprint density at radius 3 is 3.06 bits per heavy atom. The minimum atomic E-state index is -0.382. The van der Waals surface area contributed by atoms with Gasteiger partial charge in [-0.2, -0.15) is 0 Å². The van der Waals surface area contributed by atoms with Crippen molar-refractivity contribution in [3.05, 3.63) is 11.1 Å². The van der Waals surface area contributed by atoms with Crippen LogP contribution in [0.15, 0.2) is 5.38 Å². The molecule has 0 aliphatic heterocycles. The third-order valence-electron chi connectivity index (χ3n) is 3.04. The molecular weight excluding hydrogens is 250 g/mol. The first-order chi connectivity index (χ1) is 8.74. The van der Waals surface area contributed by atoms with Crippen LogP contribution in [0.2, 0.25) is 0 Å². The van der Waals surface area contributed by atoms with Crippen LogP contribution in [0, 0.1) is 0 Å². The highest BCUT2D eigenvalue weighted by Gasteiger charge is 2.27. The van der Waals surface area contributed by atoms with Gasteiger partial charge in [0, 0.05) is 24.5 Å². The van der Waals surface area contributed by atoms with Crippen molar-refractivity contribution in [2.24, 2.45) is 0 Å². The lowest BCUT2D eigenvalue weighted by Crippen LogP contribution is -2.30. The fourth-order valence-corrected chi connectivity index (χ4v) is 2.61. The first kappa shape index (κ1) is 13.3. The van der Waals surface area contributed by atoms with Crippen LogP contribution in [-0.4, -0.2) is 48.6 Å². The maximum atomic E-state index is 11.2. The number of carbonyl (C=O) groups is 1. The standard InChI is InChI=1S/C12H19N3O2S/c1-3-15(9-4-5-9)7-6-13-12-14-10(8-18-12)11(16)17-2/h8-9H,3-7H2,1-2H3,(H,13,14). The number of nitrogens with zero attached hydrogens (tertiary/aromatic N) is 2. The van der Waals surface area contributed by atoms with E-state index in [-0.39, 0.29) is 5.97 Å². The molecule has 6 heteroatoms. The fourth-order valence-electron chi connectivity index (χ4n) is 1.90. The van der Waals surface area contributed by atoms with Crippen LogP contribution in [0.3, 0.4) is 0 Å². The predicted octanol–water partition coefficient (Wildman–Crippen LogP) is 1.83. The average Bonchev–Trinajstić information content (AvgIpc) is 3.12. The SMILES string of the molecule is CCN(CCNc1nc(C(=O)OC)cs1)C1CC1. The number of methoxy groups -OCH3 is 1. The summed E-state index contributed by atoms with van der Waals surface area (Å²) in [5, 5.41) is 5.74. The van der Waals surface area contributed by atoms with Gasteiger partial charge in [0.05, 0.1) is 7.11 Å². The molecule has 1 fully saturated rings. The van der Waals surface area contributed by atoms with E-state index in [1.54, 1.807) is 5.38 Å². The molecule has 1 aliphatic rings. The van der Waals surface area contributed by atoms with Crippen molar-refractivity contribution >= 4 is 22.4 Å². The van der Waals surface area contributed by atoms with Crippen LogP contribution in [0.25, 0.3) is 0 Å². The molecule has 0 spiro atoms. The predicted molar refractivity (Wildman–Crippen MR) is 72.2 cm³/mol. The number of aromatic nitrogens is 1. The number of thiazole rings is 1. The topological polar surface area (TPSA) is 54.5 Å². The van der Waals surface area contributed by atoms with E-state index in [2.05, 4.69) is 26.9 Å². The van der Waals surface area contributed by atoms with E-state index in [0.717, 1.165) is 30.8 Å². The van der Waals surface area contributed by atoms with Crippen LogP contribution in [-0.2, 0) is 4.74 Å². The van der Waals surface area contributed by atoms with Crippen LogP contribution < -0.4 is 5.32 Å². The van der Waals surface area contributed by atoms with Gasteiger partial charge in [-0.15, -0.1) is 11.3 Å². The summed E-state index contributed by atoms with van der Waals surface area (Å²) in [5.41, 5.74) is 0.375. The normalized spacial score (nSPS) is 14.8. The van der Waals surface area contributed by atoms with E-state index >= 15 is 0 Å². The number of likely N-dealkylation sites (N-methyl/N-ethyl adjacent to an activating group) is 1. The van der Waals surface area contributed by atoms with E-state index in [1.165, 1.54) is 31.3 Å². The Bertz CT molecular complexity index is 404. The first-order valence-electron chi connectivity index (χ1n) is 6.26. The lowest BCUT2D eigenvalue weighted by atomic mass is 10.4. The van der Waals surface area contributed by atoms with E-state index < -0.39 is 0 Å². The summed E-state index contributed by atoms with van der Waals surface area (Å²) in [6.45, 7) is 5.17. The van der Waals surface area contributed by atoms with Gasteiger partial charge in [-0.25, -0.2) is 9.78 Å². The monoisotopic (exact) mass is 269 g/mol. The van der Waals surface area contributed by atoms with Crippen LogP contribution in [0.1, 0.15) is 30.3 Å². The Morgan fingerprint density at radius 1 is 1.67 bits per heavy atom. The second-order valence-electron chi connectivity index (χ2n) is 4.32. The highest BCUT2D eigenvalue weighted by Crippen LogP contribution is 2.26. The summed E-state index contributed by atoms with van der Waals surface area (Å²) in [4.78, 5) is 17.9. The molecule has 1 aliphatic carbocycles. The lowest BCUT2D eigenvalue weighted by molar-refractivity contribution is 0.0595. The quantitative estimate of drug-likeness (QED) is 0.765. The molecule has 1 heterocycles. The maximum Gasteiger partial charge on any atom is 0.357 e. The zero-order valence-electron chi connectivity index (χ0n) is 10.8. The maximum absolute atomic E-state index is 11.2. The number of ether oxygens (including phenoxy) is 1. The molecule has 0 unspecified atom stereocenters. The second-order valence-corrected chi connectivity index (χ2v) is 5.17. The minimum Gasteiger partial charge on any atom is -0.464 e. The molecule has 0 radical (unpaired) electrons. The third kappa shape index (κ3) is 3.43. The van der Waals surface area contributed by atoms with Crippen molar-refractivity contribution in [1.82, 2.24) is 9.88 Å². The molecule has 1 saturated carbocycles. The number of esters is 1. The van der Waals surface area contributed by atoms with Gasteiger partial charge in [-0.3, -0.25) is 4.90 Å². The molecule has 5 nitrogen and oxygen atoms in total. The molecule has 0 bridgehead atoms. The van der Waals surface area contributed by atoms with Crippen molar-refractivity contribution in [2.45, 2.75) is 25.8 Å². The van der Waals surface area contributed by atoms with Crippen molar-refractivity contribution in [3.63, 3.8) is 0 Å². The van der Waals surface area contributed by atoms with Gasteiger partial charge in [0.15, 0.2) is 10.8 Å². The second kappa shape index (κ2) is 6.15. The molecule has 1 aromatic heterocycles. The Balaban J connectivity index is 1.75. The molecule has 0 aromatic carbocycles. The largest absolute Gasteiger partial charge is 0.464 e. The van der Waals surface area contributed by atoms with E-state index in [0.29, 0.717) is 5.69 Å². The molecule has 1 aromatic rings. The van der Waals surface area contributed by atoms with E-state index in [9.17, 15) is 4.79 Å². The Hall–Kier alpha value is -1.14. The van der Waals surface area contributed by atoms with Crippen LogP contribution >= 0.6 is 11.3 Å². The van der Waals surface area contributed by atoms with Gasteiger partial charge >= 0.3 is 5.97 Å². The number of nitrogens with one attached hydrogen (secondary N) is 1. The highest BCUT2D eigenvalue weighted by atomic mass is 32.1. The Kier molecular flexibility index (Phi) is 4.54. The summed E-state index contributed by atoms with van der Waals surface area (Å²) in [7, 11) is 1.36. The summed E-state index contributed by atoms with van der Waals surface area (Å²) < 4.78 is 4.62. The number of rotatable bonds is 7. The lowest BCUT2D eigenvalue weighted by Gasteiger charge is -2.19. The van der Waals surface area contributed by atoms with Gasteiger partial charge in [0.1, 0.15) is 0 Å². The summed E-state index contributed by atoms with van der Waals surface area (Å²) in [6, 6.07) is 0.790. The molecule has 2 rings (SSSR count). The number of hydrogen-bond donors (Lipinski definition) is 1. The van der Waals surface area contributed by atoms with Crippen molar-refractivity contribution in [2.75, 3.05) is 32.1 Å². The zero-order valence-corrected chi connectivity index (χ0v) is 11.6. The molecular formula is C12H19N3O2S. The van der Waals surface area contributed by atoms with Crippen LogP contribution in [0.5, 0.6) is 0 Å².